The van der Waals surface area contributed by atoms with Gasteiger partial charge in [0, 0.05) is 11.8 Å². The Balaban J connectivity index is 2.19. The SMILES string of the molecule is CC(C)(CO)c1cccc(CC2(O)CC2)c1. The van der Waals surface area contributed by atoms with Crippen LogP contribution >= 0.6 is 0 Å². The van der Waals surface area contributed by atoms with Gasteiger partial charge in [0.2, 0.25) is 0 Å². The number of aliphatic hydroxyl groups excluding tert-OH is 1. The van der Waals surface area contributed by atoms with Crippen molar-refractivity contribution in [1.82, 2.24) is 0 Å². The molecule has 1 fully saturated rings. The molecule has 16 heavy (non-hydrogen) atoms. The third-order valence-electron chi connectivity index (χ3n) is 3.46. The van der Waals surface area contributed by atoms with E-state index in [4.69, 9.17) is 0 Å². The lowest BCUT2D eigenvalue weighted by molar-refractivity contribution is 0.151. The number of benzene rings is 1. The third-order valence-corrected chi connectivity index (χ3v) is 3.46. The van der Waals surface area contributed by atoms with Crippen LogP contribution in [0.4, 0.5) is 0 Å². The van der Waals surface area contributed by atoms with Crippen molar-refractivity contribution >= 4 is 0 Å². The van der Waals surface area contributed by atoms with Crippen molar-refractivity contribution in [3.63, 3.8) is 0 Å². The lowest BCUT2D eigenvalue weighted by atomic mass is 9.84. The molecular formula is C14H20O2. The van der Waals surface area contributed by atoms with Crippen LogP contribution in [0.3, 0.4) is 0 Å². The molecule has 1 aliphatic carbocycles. The van der Waals surface area contributed by atoms with Crippen LogP contribution in [0.25, 0.3) is 0 Å². The molecule has 0 radical (unpaired) electrons. The Morgan fingerprint density at radius 3 is 2.56 bits per heavy atom. The molecule has 1 aromatic carbocycles. The smallest absolute Gasteiger partial charge is 0.0690 e. The van der Waals surface area contributed by atoms with Crippen molar-refractivity contribution in [2.75, 3.05) is 6.61 Å². The van der Waals surface area contributed by atoms with Crippen LogP contribution in [0.5, 0.6) is 0 Å². The molecule has 0 spiro atoms. The second-order valence-electron chi connectivity index (χ2n) is 5.64. The summed E-state index contributed by atoms with van der Waals surface area (Å²) in [5, 5.41) is 19.2. The molecule has 0 aromatic heterocycles. The lowest BCUT2D eigenvalue weighted by Crippen LogP contribution is -2.22. The molecule has 88 valence electrons. The second kappa shape index (κ2) is 3.86. The summed E-state index contributed by atoms with van der Waals surface area (Å²) in [5.74, 6) is 0. The normalized spacial score (nSPS) is 18.5. The predicted octanol–water partition coefficient (Wildman–Crippen LogP) is 2.02. The van der Waals surface area contributed by atoms with Crippen LogP contribution in [0, 0.1) is 0 Å². The van der Waals surface area contributed by atoms with E-state index in [-0.39, 0.29) is 12.0 Å². The van der Waals surface area contributed by atoms with Crippen molar-refractivity contribution in [2.24, 2.45) is 0 Å². The standard InChI is InChI=1S/C14H20O2/c1-13(2,10-15)12-5-3-4-11(8-12)9-14(16)6-7-14/h3-5,8,15-16H,6-7,9-10H2,1-2H3. The molecule has 1 aromatic rings. The van der Waals surface area contributed by atoms with E-state index in [0.717, 1.165) is 24.8 Å². The highest BCUT2D eigenvalue weighted by atomic mass is 16.3. The minimum atomic E-state index is -0.442. The van der Waals surface area contributed by atoms with Gasteiger partial charge in [-0.3, -0.25) is 0 Å². The van der Waals surface area contributed by atoms with Crippen molar-refractivity contribution in [3.05, 3.63) is 35.4 Å². The van der Waals surface area contributed by atoms with E-state index >= 15 is 0 Å². The molecule has 1 aliphatic rings. The van der Waals surface area contributed by atoms with Crippen molar-refractivity contribution in [2.45, 2.75) is 44.1 Å². The average Bonchev–Trinajstić information content (AvgIpc) is 2.96. The molecule has 0 bridgehead atoms. The quantitative estimate of drug-likeness (QED) is 0.815. The van der Waals surface area contributed by atoms with Gasteiger partial charge in [-0.05, 0) is 24.0 Å². The van der Waals surface area contributed by atoms with Crippen LogP contribution in [0.15, 0.2) is 24.3 Å². The predicted molar refractivity (Wildman–Crippen MR) is 64.4 cm³/mol. The fraction of sp³-hybridized carbons (Fsp3) is 0.571. The summed E-state index contributed by atoms with van der Waals surface area (Å²) in [6, 6.07) is 8.20. The van der Waals surface area contributed by atoms with E-state index in [9.17, 15) is 10.2 Å². The van der Waals surface area contributed by atoms with Gasteiger partial charge in [0.05, 0.1) is 12.2 Å². The van der Waals surface area contributed by atoms with Gasteiger partial charge >= 0.3 is 0 Å². The Kier molecular flexibility index (Phi) is 2.81. The Bertz CT molecular complexity index is 378. The van der Waals surface area contributed by atoms with Crippen molar-refractivity contribution in [1.29, 1.82) is 0 Å². The van der Waals surface area contributed by atoms with Gasteiger partial charge in [-0.25, -0.2) is 0 Å². The first kappa shape index (κ1) is 11.6. The first-order valence-corrected chi connectivity index (χ1v) is 5.88. The highest BCUT2D eigenvalue weighted by Gasteiger charge is 2.40. The Morgan fingerprint density at radius 2 is 2.00 bits per heavy atom. The molecular weight excluding hydrogens is 200 g/mol. The minimum Gasteiger partial charge on any atom is -0.395 e. The molecule has 0 aliphatic heterocycles. The third kappa shape index (κ3) is 2.45. The van der Waals surface area contributed by atoms with E-state index in [2.05, 4.69) is 6.07 Å². The molecule has 1 saturated carbocycles. The van der Waals surface area contributed by atoms with Crippen LogP contribution in [0.1, 0.15) is 37.8 Å². The van der Waals surface area contributed by atoms with Gasteiger partial charge in [-0.15, -0.1) is 0 Å². The molecule has 2 rings (SSSR count). The van der Waals surface area contributed by atoms with Crippen LogP contribution < -0.4 is 0 Å². The molecule has 0 unspecified atom stereocenters. The summed E-state index contributed by atoms with van der Waals surface area (Å²) in [7, 11) is 0. The fourth-order valence-electron chi connectivity index (χ4n) is 1.89. The summed E-state index contributed by atoms with van der Waals surface area (Å²) < 4.78 is 0. The zero-order valence-electron chi connectivity index (χ0n) is 10.0. The Hall–Kier alpha value is -0.860. The molecule has 0 atom stereocenters. The fourth-order valence-corrected chi connectivity index (χ4v) is 1.89. The minimum absolute atomic E-state index is 0.140. The maximum atomic E-state index is 9.88. The van der Waals surface area contributed by atoms with Gasteiger partial charge < -0.3 is 10.2 Å². The summed E-state index contributed by atoms with van der Waals surface area (Å²) in [5.41, 5.74) is 1.65. The average molecular weight is 220 g/mol. The van der Waals surface area contributed by atoms with E-state index in [1.54, 1.807) is 0 Å². The summed E-state index contributed by atoms with van der Waals surface area (Å²) in [6.45, 7) is 4.19. The van der Waals surface area contributed by atoms with Crippen molar-refractivity contribution in [3.8, 4) is 0 Å². The molecule has 0 saturated heterocycles. The summed E-state index contributed by atoms with van der Waals surface area (Å²) >= 11 is 0. The van der Waals surface area contributed by atoms with Crippen molar-refractivity contribution < 1.29 is 10.2 Å². The van der Waals surface area contributed by atoms with E-state index in [1.165, 1.54) is 5.56 Å². The van der Waals surface area contributed by atoms with Gasteiger partial charge in [0.25, 0.3) is 0 Å². The maximum absolute atomic E-state index is 9.88. The largest absolute Gasteiger partial charge is 0.395 e. The molecule has 2 heteroatoms. The summed E-state index contributed by atoms with van der Waals surface area (Å²) in [4.78, 5) is 0. The van der Waals surface area contributed by atoms with E-state index in [0.29, 0.717) is 0 Å². The molecule has 2 N–H and O–H groups in total. The van der Waals surface area contributed by atoms with Gasteiger partial charge in [0.15, 0.2) is 0 Å². The summed E-state index contributed by atoms with van der Waals surface area (Å²) in [6.07, 6.45) is 2.57. The van der Waals surface area contributed by atoms with Crippen LogP contribution in [0.2, 0.25) is 0 Å². The van der Waals surface area contributed by atoms with E-state index < -0.39 is 5.60 Å². The monoisotopic (exact) mass is 220 g/mol. The second-order valence-corrected chi connectivity index (χ2v) is 5.64. The van der Waals surface area contributed by atoms with Crippen LogP contribution in [-0.4, -0.2) is 22.4 Å². The van der Waals surface area contributed by atoms with Gasteiger partial charge in [0.1, 0.15) is 0 Å². The maximum Gasteiger partial charge on any atom is 0.0690 e. The Morgan fingerprint density at radius 1 is 1.31 bits per heavy atom. The molecule has 0 heterocycles. The molecule has 2 nitrogen and oxygen atoms in total. The number of hydrogen-bond donors (Lipinski definition) is 2. The van der Waals surface area contributed by atoms with Crippen LogP contribution in [-0.2, 0) is 11.8 Å². The highest BCUT2D eigenvalue weighted by Crippen LogP contribution is 2.38. The zero-order valence-corrected chi connectivity index (χ0v) is 10.0. The lowest BCUT2D eigenvalue weighted by Gasteiger charge is -2.23. The first-order valence-electron chi connectivity index (χ1n) is 5.88. The zero-order chi connectivity index (χ0) is 11.8. The number of aliphatic hydroxyl groups is 2. The highest BCUT2D eigenvalue weighted by molar-refractivity contribution is 5.30. The Labute approximate surface area is 96.9 Å². The van der Waals surface area contributed by atoms with Gasteiger partial charge in [-0.1, -0.05) is 38.1 Å². The topological polar surface area (TPSA) is 40.5 Å². The number of rotatable bonds is 4. The molecule has 0 amide bonds. The van der Waals surface area contributed by atoms with E-state index in [1.807, 2.05) is 32.0 Å². The number of hydrogen-bond acceptors (Lipinski definition) is 2. The first-order chi connectivity index (χ1) is 7.45. The van der Waals surface area contributed by atoms with Gasteiger partial charge in [-0.2, -0.15) is 0 Å².